The fourth-order valence-electron chi connectivity index (χ4n) is 1.98. The minimum atomic E-state index is -3.72. The molecule has 11 heteroatoms. The fraction of sp³-hybridized carbons (Fsp3) is 0.286. The average Bonchev–Trinajstić information content (AvgIpc) is 2.82. The molecule has 1 aromatic carbocycles. The Labute approximate surface area is 153 Å². The number of hydrogen-bond donors (Lipinski definition) is 0. The number of halogens is 3. The van der Waals surface area contributed by atoms with Crippen LogP contribution < -0.4 is 4.74 Å². The molecule has 0 radical (unpaired) electrons. The van der Waals surface area contributed by atoms with E-state index in [0.717, 1.165) is 12.3 Å². The standard InChI is InChI=1S/C14H13Cl2FN2O5S/c1-7-13(16)14(18-19(7)25(3,21)22)8-4-11(9(15)5-10(8)17)24-6-12(20)23-2/h4-5H,6H2,1-3H3. The van der Waals surface area contributed by atoms with Crippen molar-refractivity contribution in [1.82, 2.24) is 9.19 Å². The molecule has 1 heterocycles. The quantitative estimate of drug-likeness (QED) is 0.704. The zero-order valence-electron chi connectivity index (χ0n) is 13.3. The molecule has 25 heavy (non-hydrogen) atoms. The minimum Gasteiger partial charge on any atom is -0.480 e. The van der Waals surface area contributed by atoms with Crippen molar-refractivity contribution >= 4 is 39.2 Å². The van der Waals surface area contributed by atoms with Crippen molar-refractivity contribution in [2.45, 2.75) is 6.92 Å². The van der Waals surface area contributed by atoms with Crippen LogP contribution in [0, 0.1) is 12.7 Å². The maximum Gasteiger partial charge on any atom is 0.343 e. The third kappa shape index (κ3) is 4.05. The van der Waals surface area contributed by atoms with E-state index in [1.54, 1.807) is 0 Å². The lowest BCUT2D eigenvalue weighted by Gasteiger charge is -2.09. The molecular weight excluding hydrogens is 398 g/mol. The van der Waals surface area contributed by atoms with Crippen LogP contribution in [0.5, 0.6) is 5.75 Å². The van der Waals surface area contributed by atoms with E-state index >= 15 is 0 Å². The van der Waals surface area contributed by atoms with Crippen molar-refractivity contribution in [1.29, 1.82) is 0 Å². The summed E-state index contributed by atoms with van der Waals surface area (Å²) in [5.41, 5.74) is -0.0908. The number of carbonyl (C=O) groups is 1. The Morgan fingerprint density at radius 3 is 2.52 bits per heavy atom. The minimum absolute atomic E-state index is 0.00825. The number of carbonyl (C=O) groups excluding carboxylic acids is 1. The summed E-state index contributed by atoms with van der Waals surface area (Å²) < 4.78 is 48.1. The third-order valence-corrected chi connectivity index (χ3v) is 4.90. The second kappa shape index (κ2) is 7.19. The highest BCUT2D eigenvalue weighted by atomic mass is 35.5. The molecule has 0 fully saturated rings. The largest absolute Gasteiger partial charge is 0.480 e. The molecule has 0 bridgehead atoms. The Morgan fingerprint density at radius 1 is 1.36 bits per heavy atom. The molecular formula is C14H13Cl2FN2O5S. The van der Waals surface area contributed by atoms with Gasteiger partial charge in [-0.1, -0.05) is 23.2 Å². The monoisotopic (exact) mass is 410 g/mol. The Bertz CT molecular complexity index is 943. The molecule has 0 aliphatic heterocycles. The smallest absolute Gasteiger partial charge is 0.343 e. The summed E-state index contributed by atoms with van der Waals surface area (Å²) in [5, 5.41) is 3.74. The van der Waals surface area contributed by atoms with E-state index in [1.165, 1.54) is 20.1 Å². The van der Waals surface area contributed by atoms with Gasteiger partial charge in [-0.05, 0) is 19.1 Å². The Balaban J connectivity index is 2.55. The number of methoxy groups -OCH3 is 1. The molecule has 0 aliphatic rings. The zero-order chi connectivity index (χ0) is 18.9. The van der Waals surface area contributed by atoms with E-state index in [2.05, 4.69) is 9.84 Å². The molecule has 0 amide bonds. The van der Waals surface area contributed by atoms with Crippen molar-refractivity contribution in [2.75, 3.05) is 20.0 Å². The van der Waals surface area contributed by atoms with E-state index in [1.807, 2.05) is 0 Å². The number of nitrogens with zero attached hydrogens (tertiary/aromatic N) is 2. The maximum absolute atomic E-state index is 14.3. The Hall–Kier alpha value is -1.84. The van der Waals surface area contributed by atoms with Gasteiger partial charge in [0.05, 0.1) is 29.1 Å². The molecule has 1 aromatic heterocycles. The molecule has 0 atom stereocenters. The highest BCUT2D eigenvalue weighted by molar-refractivity contribution is 7.89. The first-order valence-electron chi connectivity index (χ1n) is 6.71. The van der Waals surface area contributed by atoms with Gasteiger partial charge in [-0.2, -0.15) is 9.19 Å². The number of ether oxygens (including phenoxy) is 2. The van der Waals surface area contributed by atoms with Crippen molar-refractivity contribution in [3.8, 4) is 17.0 Å². The number of rotatable bonds is 5. The summed E-state index contributed by atoms with van der Waals surface area (Å²) in [6, 6.07) is 2.13. The van der Waals surface area contributed by atoms with Gasteiger partial charge in [0.1, 0.15) is 17.3 Å². The molecule has 2 rings (SSSR count). The fourth-order valence-corrected chi connectivity index (χ4v) is 3.27. The molecule has 0 unspecified atom stereocenters. The molecule has 136 valence electrons. The summed E-state index contributed by atoms with van der Waals surface area (Å²) in [6.45, 7) is 0.994. The van der Waals surface area contributed by atoms with Crippen molar-refractivity contribution in [3.63, 3.8) is 0 Å². The lowest BCUT2D eigenvalue weighted by Crippen LogP contribution is -2.13. The summed E-state index contributed by atoms with van der Waals surface area (Å²) in [4.78, 5) is 11.2. The first-order chi connectivity index (χ1) is 11.6. The Kier molecular flexibility index (Phi) is 5.60. The zero-order valence-corrected chi connectivity index (χ0v) is 15.7. The van der Waals surface area contributed by atoms with Crippen LogP contribution in [0.25, 0.3) is 11.3 Å². The number of aromatic nitrogens is 2. The van der Waals surface area contributed by atoms with Gasteiger partial charge in [0.2, 0.25) is 0 Å². The molecule has 0 spiro atoms. The molecule has 0 saturated carbocycles. The summed E-state index contributed by atoms with van der Waals surface area (Å²) in [7, 11) is -2.53. The maximum atomic E-state index is 14.3. The van der Waals surface area contributed by atoms with Gasteiger partial charge in [0.25, 0.3) is 10.0 Å². The van der Waals surface area contributed by atoms with Crippen molar-refractivity contribution < 1.29 is 27.1 Å². The van der Waals surface area contributed by atoms with Crippen LogP contribution in [0.1, 0.15) is 5.69 Å². The molecule has 0 N–H and O–H groups in total. The van der Waals surface area contributed by atoms with E-state index in [9.17, 15) is 17.6 Å². The van der Waals surface area contributed by atoms with Gasteiger partial charge in [0, 0.05) is 5.56 Å². The number of hydrogen-bond acceptors (Lipinski definition) is 6. The van der Waals surface area contributed by atoms with Gasteiger partial charge in [-0.15, -0.1) is 0 Å². The Morgan fingerprint density at radius 2 is 2.00 bits per heavy atom. The van der Waals surface area contributed by atoms with Crippen LogP contribution in [0.4, 0.5) is 4.39 Å². The van der Waals surface area contributed by atoms with Crippen LogP contribution in [-0.2, 0) is 19.6 Å². The lowest BCUT2D eigenvalue weighted by atomic mass is 10.1. The van der Waals surface area contributed by atoms with Gasteiger partial charge in [0.15, 0.2) is 6.61 Å². The molecule has 0 aliphatic carbocycles. The summed E-state index contributed by atoms with van der Waals surface area (Å²) in [5.74, 6) is -1.45. The molecule has 0 saturated heterocycles. The number of benzene rings is 1. The van der Waals surface area contributed by atoms with Gasteiger partial charge >= 0.3 is 5.97 Å². The van der Waals surface area contributed by atoms with E-state index in [-0.39, 0.29) is 32.7 Å². The first kappa shape index (κ1) is 19.5. The van der Waals surface area contributed by atoms with Crippen LogP contribution in [0.2, 0.25) is 10.0 Å². The summed E-state index contributed by atoms with van der Waals surface area (Å²) in [6.07, 6.45) is 0.941. The first-order valence-corrected chi connectivity index (χ1v) is 9.31. The second-order valence-corrected chi connectivity index (χ2v) is 7.58. The second-order valence-electron chi connectivity index (χ2n) is 4.98. The van der Waals surface area contributed by atoms with Crippen LogP contribution in [0.15, 0.2) is 12.1 Å². The number of esters is 1. The SMILES string of the molecule is COC(=O)COc1cc(-c2nn(S(C)(=O)=O)c(C)c2Cl)c(F)cc1Cl. The molecule has 7 nitrogen and oxygen atoms in total. The van der Waals surface area contributed by atoms with Crippen LogP contribution in [-0.4, -0.2) is 43.5 Å². The predicted octanol–water partition coefficient (Wildman–Crippen LogP) is 2.66. The predicted molar refractivity (Wildman–Crippen MR) is 90.1 cm³/mol. The third-order valence-electron chi connectivity index (χ3n) is 3.17. The molecule has 2 aromatic rings. The van der Waals surface area contributed by atoms with Gasteiger partial charge in [-0.25, -0.2) is 17.6 Å². The van der Waals surface area contributed by atoms with E-state index in [4.69, 9.17) is 27.9 Å². The average molecular weight is 411 g/mol. The normalized spacial score (nSPS) is 11.4. The van der Waals surface area contributed by atoms with Gasteiger partial charge < -0.3 is 9.47 Å². The van der Waals surface area contributed by atoms with Crippen LogP contribution in [0.3, 0.4) is 0 Å². The van der Waals surface area contributed by atoms with E-state index in [0.29, 0.717) is 4.09 Å². The van der Waals surface area contributed by atoms with Crippen LogP contribution >= 0.6 is 23.2 Å². The lowest BCUT2D eigenvalue weighted by molar-refractivity contribution is -0.142. The van der Waals surface area contributed by atoms with Gasteiger partial charge in [-0.3, -0.25) is 0 Å². The topological polar surface area (TPSA) is 87.5 Å². The van der Waals surface area contributed by atoms with E-state index < -0.39 is 28.4 Å². The van der Waals surface area contributed by atoms with Crippen molar-refractivity contribution in [3.05, 3.63) is 33.7 Å². The van der Waals surface area contributed by atoms with Crippen molar-refractivity contribution in [2.24, 2.45) is 0 Å². The highest BCUT2D eigenvalue weighted by Crippen LogP contribution is 2.37. The highest BCUT2D eigenvalue weighted by Gasteiger charge is 2.23. The summed E-state index contributed by atoms with van der Waals surface area (Å²) >= 11 is 12.0.